The highest BCUT2D eigenvalue weighted by Gasteiger charge is 2.64. The van der Waals surface area contributed by atoms with Crippen molar-refractivity contribution in [1.82, 2.24) is 0 Å². The Morgan fingerprint density at radius 1 is 1.11 bits per heavy atom. The predicted molar refractivity (Wildman–Crippen MR) is 91.8 cm³/mol. The fraction of sp³-hybridized carbons (Fsp3) is 0.353. The van der Waals surface area contributed by atoms with Gasteiger partial charge < -0.3 is 4.74 Å². The highest BCUT2D eigenvalue weighted by molar-refractivity contribution is 6.51. The number of anilines is 1. The molecule has 11 heteroatoms. The van der Waals surface area contributed by atoms with E-state index in [1.54, 1.807) is 6.07 Å². The summed E-state index contributed by atoms with van der Waals surface area (Å²) in [6.45, 7) is 0.986. The number of rotatable bonds is 3. The summed E-state index contributed by atoms with van der Waals surface area (Å²) in [4.78, 5) is 12.8. The van der Waals surface area contributed by atoms with E-state index in [0.717, 1.165) is 14.0 Å². The first-order chi connectivity index (χ1) is 12.7. The molecule has 0 spiro atoms. The van der Waals surface area contributed by atoms with Gasteiger partial charge in [0.15, 0.2) is 10.3 Å². The molecule has 154 valence electrons. The monoisotopic (exact) mass is 447 g/mol. The standard InChI is InChI=1S/C17H13Cl2F6NO2/c1-9(27)26(10-6-4-3-5-7-10)11-8-12(16(20,21)22)15(18,19)14(13(11)28-2)17(23,24)25/h3-8,14H,1-2H3. The second kappa shape index (κ2) is 7.51. The summed E-state index contributed by atoms with van der Waals surface area (Å²) >= 11 is 11.2. The minimum atomic E-state index is -5.30. The van der Waals surface area contributed by atoms with Crippen molar-refractivity contribution < 1.29 is 35.9 Å². The molecule has 3 nitrogen and oxygen atoms in total. The molecule has 1 amide bonds. The van der Waals surface area contributed by atoms with E-state index >= 15 is 0 Å². The van der Waals surface area contributed by atoms with Gasteiger partial charge >= 0.3 is 12.4 Å². The number of amides is 1. The zero-order valence-electron chi connectivity index (χ0n) is 14.3. The van der Waals surface area contributed by atoms with Gasteiger partial charge in [0.25, 0.3) is 0 Å². The Kier molecular flexibility index (Phi) is 6.02. The topological polar surface area (TPSA) is 29.5 Å². The van der Waals surface area contributed by atoms with Crippen molar-refractivity contribution in [1.29, 1.82) is 0 Å². The number of allylic oxidation sites excluding steroid dienone is 3. The third-order valence-corrected chi connectivity index (χ3v) is 4.78. The third kappa shape index (κ3) is 4.10. The quantitative estimate of drug-likeness (QED) is 0.435. The maximum absolute atomic E-state index is 13.7. The summed E-state index contributed by atoms with van der Waals surface area (Å²) in [7, 11) is 0.827. The molecule has 1 atom stereocenters. The molecule has 1 aliphatic carbocycles. The fourth-order valence-electron chi connectivity index (χ4n) is 2.86. The molecule has 0 N–H and O–H groups in total. The molecule has 1 aromatic rings. The summed E-state index contributed by atoms with van der Waals surface area (Å²) < 4.78 is 82.9. The molecule has 0 saturated carbocycles. The molecule has 0 saturated heterocycles. The van der Waals surface area contributed by atoms with Gasteiger partial charge in [-0.2, -0.15) is 26.3 Å². The van der Waals surface area contributed by atoms with Crippen LogP contribution in [-0.2, 0) is 9.53 Å². The Balaban J connectivity index is 2.88. The number of nitrogens with zero attached hydrogens (tertiary/aromatic N) is 1. The summed E-state index contributed by atoms with van der Waals surface area (Å²) in [6.07, 6.45) is -10.3. The lowest BCUT2D eigenvalue weighted by molar-refractivity contribution is -0.179. The zero-order chi connectivity index (χ0) is 21.5. The highest BCUT2D eigenvalue weighted by atomic mass is 35.5. The van der Waals surface area contributed by atoms with Crippen LogP contribution in [0.3, 0.4) is 0 Å². The van der Waals surface area contributed by atoms with Crippen LogP contribution < -0.4 is 4.90 Å². The summed E-state index contributed by atoms with van der Waals surface area (Å²) in [6, 6.07) is 7.17. The molecule has 0 radical (unpaired) electrons. The van der Waals surface area contributed by atoms with Gasteiger partial charge in [0, 0.05) is 12.6 Å². The number of para-hydroxylation sites is 1. The Morgan fingerprint density at radius 2 is 1.64 bits per heavy atom. The number of methoxy groups -OCH3 is 1. The van der Waals surface area contributed by atoms with Crippen molar-refractivity contribution >= 4 is 34.8 Å². The second-order valence-corrected chi connectivity index (χ2v) is 7.18. The Labute approximate surface area is 166 Å². The number of benzene rings is 1. The first-order valence-corrected chi connectivity index (χ1v) is 8.36. The predicted octanol–water partition coefficient (Wildman–Crippen LogP) is 5.75. The van der Waals surface area contributed by atoms with Crippen molar-refractivity contribution in [3.8, 4) is 0 Å². The van der Waals surface area contributed by atoms with Crippen molar-refractivity contribution in [2.45, 2.75) is 23.6 Å². The smallest absolute Gasteiger partial charge is 0.415 e. The van der Waals surface area contributed by atoms with Crippen LogP contribution in [0.2, 0.25) is 0 Å². The molecule has 28 heavy (non-hydrogen) atoms. The van der Waals surface area contributed by atoms with Crippen LogP contribution in [-0.4, -0.2) is 29.7 Å². The van der Waals surface area contributed by atoms with Gasteiger partial charge in [-0.3, -0.25) is 9.69 Å². The van der Waals surface area contributed by atoms with E-state index in [1.165, 1.54) is 24.3 Å². The number of alkyl halides is 8. The van der Waals surface area contributed by atoms with Gasteiger partial charge in [0.2, 0.25) is 5.91 Å². The van der Waals surface area contributed by atoms with Crippen LogP contribution in [0.1, 0.15) is 6.92 Å². The van der Waals surface area contributed by atoms with Crippen molar-refractivity contribution in [2.24, 2.45) is 5.92 Å². The molecule has 0 aliphatic heterocycles. The molecule has 2 rings (SSSR count). The Hall–Kier alpha value is -1.87. The second-order valence-electron chi connectivity index (χ2n) is 5.80. The average Bonchev–Trinajstić information content (AvgIpc) is 2.53. The number of carbonyl (C=O) groups is 1. The Morgan fingerprint density at radius 3 is 2.04 bits per heavy atom. The first kappa shape index (κ1) is 22.4. The number of ether oxygens (including phenoxy) is 1. The van der Waals surface area contributed by atoms with Crippen LogP contribution in [0.5, 0.6) is 0 Å². The minimum absolute atomic E-state index is 0.0369. The number of hydrogen-bond acceptors (Lipinski definition) is 2. The van der Waals surface area contributed by atoms with Gasteiger partial charge in [0.1, 0.15) is 5.76 Å². The first-order valence-electron chi connectivity index (χ1n) is 7.60. The van der Waals surface area contributed by atoms with Crippen LogP contribution in [0.15, 0.2) is 53.4 Å². The largest absolute Gasteiger partial charge is 0.498 e. The van der Waals surface area contributed by atoms with Crippen LogP contribution in [0.4, 0.5) is 32.0 Å². The SMILES string of the molecule is COC1=C(N(C(C)=O)c2ccccc2)C=C(C(F)(F)F)C(Cl)(Cl)C1C(F)(F)F. The van der Waals surface area contributed by atoms with E-state index in [0.29, 0.717) is 11.0 Å². The minimum Gasteiger partial charge on any atom is -0.498 e. The van der Waals surface area contributed by atoms with E-state index in [4.69, 9.17) is 27.9 Å². The molecule has 0 heterocycles. The number of halogens is 8. The van der Waals surface area contributed by atoms with Gasteiger partial charge in [-0.05, 0) is 18.2 Å². The van der Waals surface area contributed by atoms with Gasteiger partial charge in [-0.25, -0.2) is 0 Å². The van der Waals surface area contributed by atoms with E-state index < -0.39 is 45.5 Å². The molecule has 0 aromatic heterocycles. The normalized spacial score (nSPS) is 19.9. The molecule has 1 aliphatic rings. The highest BCUT2D eigenvalue weighted by Crippen LogP contribution is 2.57. The van der Waals surface area contributed by atoms with Crippen molar-refractivity contribution in [3.05, 3.63) is 53.4 Å². The van der Waals surface area contributed by atoms with Gasteiger partial charge in [-0.15, -0.1) is 0 Å². The maximum Gasteiger partial charge on any atom is 0.415 e. The molecular formula is C17H13Cl2F6NO2. The molecule has 1 unspecified atom stereocenters. The number of carbonyl (C=O) groups excluding carboxylic acids is 1. The fourth-order valence-corrected chi connectivity index (χ4v) is 3.63. The average molecular weight is 448 g/mol. The summed E-state index contributed by atoms with van der Waals surface area (Å²) in [5.41, 5.74) is -2.58. The lowest BCUT2D eigenvalue weighted by atomic mass is 9.87. The Bertz CT molecular complexity index is 815. The molecular weight excluding hydrogens is 435 g/mol. The lowest BCUT2D eigenvalue weighted by Crippen LogP contribution is -2.48. The lowest BCUT2D eigenvalue weighted by Gasteiger charge is -2.40. The molecule has 0 fully saturated rings. The molecule has 1 aromatic carbocycles. The zero-order valence-corrected chi connectivity index (χ0v) is 15.8. The van der Waals surface area contributed by atoms with Crippen molar-refractivity contribution in [2.75, 3.05) is 12.0 Å². The third-order valence-electron chi connectivity index (χ3n) is 3.94. The van der Waals surface area contributed by atoms with Crippen molar-refractivity contribution in [3.63, 3.8) is 0 Å². The van der Waals surface area contributed by atoms with E-state index in [9.17, 15) is 31.1 Å². The molecule has 0 bridgehead atoms. The summed E-state index contributed by atoms with van der Waals surface area (Å²) in [5.74, 6) is -4.91. The van der Waals surface area contributed by atoms with Crippen LogP contribution in [0, 0.1) is 5.92 Å². The van der Waals surface area contributed by atoms with Gasteiger partial charge in [0.05, 0.1) is 18.4 Å². The number of hydrogen-bond donors (Lipinski definition) is 0. The summed E-state index contributed by atoms with van der Waals surface area (Å²) in [5, 5.41) is 0. The maximum atomic E-state index is 13.7. The van der Waals surface area contributed by atoms with E-state index in [-0.39, 0.29) is 5.69 Å². The van der Waals surface area contributed by atoms with Crippen LogP contribution in [0.25, 0.3) is 0 Å². The van der Waals surface area contributed by atoms with Crippen LogP contribution >= 0.6 is 23.2 Å². The van der Waals surface area contributed by atoms with E-state index in [1.807, 2.05) is 0 Å². The van der Waals surface area contributed by atoms with E-state index in [2.05, 4.69) is 0 Å². The van der Waals surface area contributed by atoms with Gasteiger partial charge in [-0.1, -0.05) is 41.4 Å².